The topological polar surface area (TPSA) is 41.4 Å². The van der Waals surface area contributed by atoms with Gasteiger partial charge in [0.15, 0.2) is 0 Å². The second kappa shape index (κ2) is 7.92. The molecule has 1 aliphatic rings. The van der Waals surface area contributed by atoms with Crippen molar-refractivity contribution >= 4 is 22.3 Å². The van der Waals surface area contributed by atoms with Crippen LogP contribution in [0.2, 0.25) is 0 Å². The highest BCUT2D eigenvalue weighted by atomic mass is 79.9. The summed E-state index contributed by atoms with van der Waals surface area (Å²) in [5, 5.41) is 4.90. The molecule has 2 atom stereocenters. The third-order valence-corrected chi connectivity index (χ3v) is 6.01. The Bertz CT molecular complexity index is 784. The van der Waals surface area contributed by atoms with Crippen LogP contribution in [0.25, 0.3) is 11.3 Å². The number of hydrogen-bond donors (Lipinski definition) is 0. The van der Waals surface area contributed by atoms with Crippen molar-refractivity contribution in [2.45, 2.75) is 32.7 Å². The summed E-state index contributed by atoms with van der Waals surface area (Å²) in [6, 6.07) is 8.65. The van der Waals surface area contributed by atoms with Crippen molar-refractivity contribution in [2.75, 3.05) is 26.2 Å². The molecule has 0 bridgehead atoms. The zero-order valence-electron chi connectivity index (χ0n) is 15.9. The van der Waals surface area contributed by atoms with E-state index in [0.717, 1.165) is 54.0 Å². The maximum atomic E-state index is 11.4. The van der Waals surface area contributed by atoms with Crippen LogP contribution < -0.4 is 0 Å². The van der Waals surface area contributed by atoms with Crippen molar-refractivity contribution in [2.24, 2.45) is 7.05 Å². The van der Waals surface area contributed by atoms with Crippen LogP contribution in [0.5, 0.6) is 0 Å². The first-order valence-corrected chi connectivity index (χ1v) is 10.0. The van der Waals surface area contributed by atoms with Gasteiger partial charge in [-0.2, -0.15) is 5.10 Å². The van der Waals surface area contributed by atoms with Gasteiger partial charge in [-0.1, -0.05) is 41.9 Å². The first kappa shape index (κ1) is 19.1. The zero-order valence-corrected chi connectivity index (χ0v) is 17.5. The lowest BCUT2D eigenvalue weighted by Gasteiger charge is -2.29. The summed E-state index contributed by atoms with van der Waals surface area (Å²) < 4.78 is 3.04. The molecule has 0 N–H and O–H groups in total. The molecule has 3 rings (SSSR count). The number of hydrogen-bond acceptors (Lipinski definition) is 3. The highest BCUT2D eigenvalue weighted by Gasteiger charge is 2.39. The molecule has 5 nitrogen and oxygen atoms in total. The summed E-state index contributed by atoms with van der Waals surface area (Å²) in [6.07, 6.45) is 0.976. The van der Waals surface area contributed by atoms with Crippen LogP contribution in [-0.4, -0.2) is 58.2 Å². The predicted molar refractivity (Wildman–Crippen MR) is 108 cm³/mol. The van der Waals surface area contributed by atoms with E-state index in [0.29, 0.717) is 6.04 Å². The van der Waals surface area contributed by atoms with Crippen LogP contribution in [0, 0.1) is 6.92 Å². The van der Waals surface area contributed by atoms with Gasteiger partial charge in [-0.25, -0.2) is 0 Å². The molecule has 2 aromatic rings. The minimum atomic E-state index is 0.243. The van der Waals surface area contributed by atoms with Crippen molar-refractivity contribution in [3.63, 3.8) is 0 Å². The van der Waals surface area contributed by atoms with Gasteiger partial charge in [0.1, 0.15) is 0 Å². The Morgan fingerprint density at radius 3 is 2.65 bits per heavy atom. The number of carbonyl (C=O) groups is 1. The first-order chi connectivity index (χ1) is 12.5. The van der Waals surface area contributed by atoms with E-state index in [4.69, 9.17) is 5.10 Å². The number of carbonyl (C=O) groups excluding carboxylic acids is 1. The fourth-order valence-electron chi connectivity index (χ4n) is 4.28. The van der Waals surface area contributed by atoms with Crippen LogP contribution in [0.15, 0.2) is 28.7 Å². The Balaban J connectivity index is 2.03. The fraction of sp³-hybridized carbons (Fsp3) is 0.500. The monoisotopic (exact) mass is 418 g/mol. The van der Waals surface area contributed by atoms with E-state index >= 15 is 0 Å². The molecule has 2 unspecified atom stereocenters. The SMILES string of the molecule is CCN(CC)C1CN(C=O)CC1c1nn(C)c(-c2cccc(Br)c2)c1C. The summed E-state index contributed by atoms with van der Waals surface area (Å²) in [6.45, 7) is 9.99. The van der Waals surface area contributed by atoms with Crippen LogP contribution >= 0.6 is 15.9 Å². The minimum Gasteiger partial charge on any atom is -0.343 e. The Morgan fingerprint density at radius 1 is 1.31 bits per heavy atom. The highest BCUT2D eigenvalue weighted by molar-refractivity contribution is 9.10. The number of likely N-dealkylation sites (tertiary alicyclic amines) is 1. The third kappa shape index (κ3) is 3.45. The lowest BCUT2D eigenvalue weighted by atomic mass is 9.94. The van der Waals surface area contributed by atoms with E-state index in [1.54, 1.807) is 0 Å². The molecule has 1 aromatic heterocycles. The number of amides is 1. The number of benzene rings is 1. The summed E-state index contributed by atoms with van der Waals surface area (Å²) in [4.78, 5) is 15.8. The van der Waals surface area contributed by atoms with Crippen LogP contribution in [0.1, 0.15) is 31.0 Å². The maximum absolute atomic E-state index is 11.4. The lowest BCUT2D eigenvalue weighted by molar-refractivity contribution is -0.117. The molecule has 1 aromatic carbocycles. The van der Waals surface area contributed by atoms with Gasteiger partial charge in [0, 0.05) is 42.1 Å². The van der Waals surface area contributed by atoms with E-state index in [1.165, 1.54) is 5.56 Å². The van der Waals surface area contributed by atoms with E-state index in [-0.39, 0.29) is 5.92 Å². The molecule has 0 saturated carbocycles. The second-order valence-electron chi connectivity index (χ2n) is 6.95. The Labute approximate surface area is 164 Å². The molecule has 1 aliphatic heterocycles. The lowest BCUT2D eigenvalue weighted by Crippen LogP contribution is -2.40. The maximum Gasteiger partial charge on any atom is 0.209 e. The summed E-state index contributed by atoms with van der Waals surface area (Å²) in [5.74, 6) is 0.243. The van der Waals surface area contributed by atoms with Crippen molar-refractivity contribution in [3.8, 4) is 11.3 Å². The largest absolute Gasteiger partial charge is 0.343 e. The molecule has 0 aliphatic carbocycles. The molecule has 1 fully saturated rings. The van der Waals surface area contributed by atoms with Crippen LogP contribution in [-0.2, 0) is 11.8 Å². The number of likely N-dealkylation sites (N-methyl/N-ethyl adjacent to an activating group) is 1. The van der Waals surface area contributed by atoms with Crippen molar-refractivity contribution in [1.29, 1.82) is 0 Å². The minimum absolute atomic E-state index is 0.243. The molecule has 140 valence electrons. The molecular weight excluding hydrogens is 392 g/mol. The van der Waals surface area contributed by atoms with Gasteiger partial charge in [-0.15, -0.1) is 0 Å². The van der Waals surface area contributed by atoms with Gasteiger partial charge in [0.2, 0.25) is 6.41 Å². The third-order valence-electron chi connectivity index (χ3n) is 5.52. The van der Waals surface area contributed by atoms with Crippen molar-refractivity contribution in [1.82, 2.24) is 19.6 Å². The van der Waals surface area contributed by atoms with Gasteiger partial charge in [0.25, 0.3) is 0 Å². The standard InChI is InChI=1S/C20H27BrN4O/c1-5-25(6-2)18-12-24(13-26)11-17(18)19-14(3)20(23(4)22-19)15-8-7-9-16(21)10-15/h7-10,13,17-18H,5-6,11-12H2,1-4H3. The van der Waals surface area contributed by atoms with Gasteiger partial charge in [-0.3, -0.25) is 14.4 Å². The van der Waals surface area contributed by atoms with E-state index in [9.17, 15) is 4.79 Å². The van der Waals surface area contributed by atoms with Crippen molar-refractivity contribution < 1.29 is 4.79 Å². The molecule has 1 saturated heterocycles. The number of aromatic nitrogens is 2. The average Bonchev–Trinajstić information content (AvgIpc) is 3.17. The van der Waals surface area contributed by atoms with Gasteiger partial charge < -0.3 is 4.90 Å². The molecule has 6 heteroatoms. The number of rotatable bonds is 6. The molecular formula is C20H27BrN4O. The fourth-order valence-corrected chi connectivity index (χ4v) is 4.67. The quantitative estimate of drug-likeness (QED) is 0.674. The Hall–Kier alpha value is -1.66. The normalized spacial score (nSPS) is 20.2. The van der Waals surface area contributed by atoms with E-state index in [1.807, 2.05) is 28.8 Å². The molecule has 26 heavy (non-hydrogen) atoms. The van der Waals surface area contributed by atoms with Gasteiger partial charge in [0.05, 0.1) is 11.4 Å². The van der Waals surface area contributed by atoms with E-state index < -0.39 is 0 Å². The van der Waals surface area contributed by atoms with Gasteiger partial charge >= 0.3 is 0 Å². The molecule has 0 spiro atoms. The van der Waals surface area contributed by atoms with Gasteiger partial charge in [-0.05, 0) is 37.7 Å². The van der Waals surface area contributed by atoms with Crippen LogP contribution in [0.4, 0.5) is 0 Å². The smallest absolute Gasteiger partial charge is 0.209 e. The van der Waals surface area contributed by atoms with Crippen molar-refractivity contribution in [3.05, 3.63) is 40.0 Å². The predicted octanol–water partition coefficient (Wildman–Crippen LogP) is 3.42. The van der Waals surface area contributed by atoms with E-state index in [2.05, 4.69) is 53.7 Å². The second-order valence-corrected chi connectivity index (χ2v) is 7.86. The average molecular weight is 419 g/mol. The summed E-state index contributed by atoms with van der Waals surface area (Å²) in [5.41, 5.74) is 4.62. The molecule has 0 radical (unpaired) electrons. The number of halogens is 1. The molecule has 1 amide bonds. The first-order valence-electron chi connectivity index (χ1n) is 9.22. The number of nitrogens with zero attached hydrogens (tertiary/aromatic N) is 4. The summed E-state index contributed by atoms with van der Waals surface area (Å²) in [7, 11) is 2.01. The summed E-state index contributed by atoms with van der Waals surface area (Å²) >= 11 is 3.56. The molecule has 2 heterocycles. The Morgan fingerprint density at radius 2 is 2.04 bits per heavy atom. The zero-order chi connectivity index (χ0) is 18.8. The van der Waals surface area contributed by atoms with Crippen LogP contribution in [0.3, 0.4) is 0 Å². The number of aryl methyl sites for hydroxylation is 1. The highest BCUT2D eigenvalue weighted by Crippen LogP contribution is 2.36. The Kier molecular flexibility index (Phi) is 5.82.